The van der Waals surface area contributed by atoms with Crippen LogP contribution in [-0.4, -0.2) is 27.1 Å². The van der Waals surface area contributed by atoms with Gasteiger partial charge in [-0.25, -0.2) is 14.8 Å². The number of rotatable bonds is 5. The number of nitrogens with zero attached hydrogens (tertiary/aromatic N) is 2. The Morgan fingerprint density at radius 1 is 1.69 bits per heavy atom. The molecule has 1 saturated carbocycles. The Hall–Kier alpha value is -1.65. The molecule has 0 aliphatic heterocycles. The second kappa shape index (κ2) is 4.47. The lowest BCUT2D eigenvalue weighted by atomic mass is 10.2. The van der Waals surface area contributed by atoms with E-state index in [0.717, 1.165) is 12.3 Å². The molecule has 1 aliphatic carbocycles. The third kappa shape index (κ3) is 2.92. The number of carbonyl (C=O) groups is 1. The molecule has 1 aromatic rings. The summed E-state index contributed by atoms with van der Waals surface area (Å²) in [5.41, 5.74) is 0.0242. The zero-order valence-corrected chi connectivity index (χ0v) is 9.18. The molecule has 5 heteroatoms. The van der Waals surface area contributed by atoms with Gasteiger partial charge in [0.2, 0.25) is 5.95 Å². The van der Waals surface area contributed by atoms with Crippen LogP contribution in [0.5, 0.6) is 0 Å². The summed E-state index contributed by atoms with van der Waals surface area (Å²) in [6, 6.07) is 1.68. The third-order valence-corrected chi connectivity index (χ3v) is 2.63. The molecule has 1 heterocycles. The van der Waals surface area contributed by atoms with E-state index in [2.05, 4.69) is 22.2 Å². The van der Waals surface area contributed by atoms with E-state index >= 15 is 0 Å². The van der Waals surface area contributed by atoms with Crippen molar-refractivity contribution in [3.8, 4) is 0 Å². The van der Waals surface area contributed by atoms with Crippen LogP contribution in [0, 0.1) is 5.92 Å². The Balaban J connectivity index is 1.96. The van der Waals surface area contributed by atoms with Crippen molar-refractivity contribution < 1.29 is 9.90 Å². The lowest BCUT2D eigenvalue weighted by molar-refractivity contribution is 0.0690. The van der Waals surface area contributed by atoms with E-state index < -0.39 is 5.97 Å². The van der Waals surface area contributed by atoms with Crippen molar-refractivity contribution in [1.82, 2.24) is 9.97 Å². The zero-order valence-electron chi connectivity index (χ0n) is 9.18. The highest BCUT2D eigenvalue weighted by Crippen LogP contribution is 2.33. The van der Waals surface area contributed by atoms with Gasteiger partial charge in [-0.1, -0.05) is 12.8 Å². The molecule has 2 rings (SSSR count). The number of carboxylic acid groups (broad SMARTS) is 1. The van der Waals surface area contributed by atoms with Gasteiger partial charge in [0, 0.05) is 12.2 Å². The van der Waals surface area contributed by atoms with E-state index in [1.807, 2.05) is 0 Å². The molecule has 0 saturated heterocycles. The molecule has 1 aromatic heterocycles. The summed E-state index contributed by atoms with van der Waals surface area (Å²) >= 11 is 0. The van der Waals surface area contributed by atoms with Crippen molar-refractivity contribution in [3.05, 3.63) is 18.0 Å². The number of nitrogens with one attached hydrogen (secondary N) is 1. The SMILES string of the molecule is CC(CC1CC1)Nc1nccc(C(=O)O)n1. The summed E-state index contributed by atoms with van der Waals surface area (Å²) in [6.45, 7) is 2.06. The van der Waals surface area contributed by atoms with Crippen LogP contribution in [0.3, 0.4) is 0 Å². The largest absolute Gasteiger partial charge is 0.477 e. The van der Waals surface area contributed by atoms with Crippen LogP contribution < -0.4 is 5.32 Å². The minimum atomic E-state index is -1.03. The molecule has 5 nitrogen and oxygen atoms in total. The normalized spacial score (nSPS) is 16.8. The zero-order chi connectivity index (χ0) is 11.5. The monoisotopic (exact) mass is 221 g/mol. The highest BCUT2D eigenvalue weighted by atomic mass is 16.4. The number of hydrogen-bond donors (Lipinski definition) is 2. The fourth-order valence-electron chi connectivity index (χ4n) is 1.68. The number of anilines is 1. The van der Waals surface area contributed by atoms with E-state index in [4.69, 9.17) is 5.11 Å². The number of carboxylic acids is 1. The van der Waals surface area contributed by atoms with Crippen molar-refractivity contribution in [3.63, 3.8) is 0 Å². The maximum Gasteiger partial charge on any atom is 0.354 e. The van der Waals surface area contributed by atoms with Gasteiger partial charge in [-0.05, 0) is 25.3 Å². The average molecular weight is 221 g/mol. The van der Waals surface area contributed by atoms with Crippen LogP contribution in [0.25, 0.3) is 0 Å². The van der Waals surface area contributed by atoms with Crippen molar-refractivity contribution >= 4 is 11.9 Å². The predicted octanol–water partition coefficient (Wildman–Crippen LogP) is 1.78. The highest BCUT2D eigenvalue weighted by molar-refractivity contribution is 5.85. The molecule has 0 spiro atoms. The summed E-state index contributed by atoms with van der Waals surface area (Å²) in [7, 11) is 0. The van der Waals surface area contributed by atoms with Gasteiger partial charge in [-0.15, -0.1) is 0 Å². The standard InChI is InChI=1S/C11H15N3O2/c1-7(6-8-2-3-8)13-11-12-5-4-9(14-11)10(15)16/h4-5,7-8H,2-3,6H2,1H3,(H,15,16)(H,12,13,14). The van der Waals surface area contributed by atoms with Gasteiger partial charge < -0.3 is 10.4 Å². The van der Waals surface area contributed by atoms with Gasteiger partial charge in [0.1, 0.15) is 0 Å². The van der Waals surface area contributed by atoms with Crippen molar-refractivity contribution in [2.24, 2.45) is 5.92 Å². The lowest BCUT2D eigenvalue weighted by Gasteiger charge is -2.12. The number of aromatic nitrogens is 2. The molecule has 1 aliphatic rings. The summed E-state index contributed by atoms with van der Waals surface area (Å²) in [6.07, 6.45) is 5.17. The smallest absolute Gasteiger partial charge is 0.354 e. The van der Waals surface area contributed by atoms with Gasteiger partial charge in [0.25, 0.3) is 0 Å². The summed E-state index contributed by atoms with van der Waals surface area (Å²) in [5, 5.41) is 11.9. The molecule has 16 heavy (non-hydrogen) atoms. The molecule has 1 unspecified atom stereocenters. The first kappa shape index (κ1) is 10.9. The van der Waals surface area contributed by atoms with Crippen molar-refractivity contribution in [2.45, 2.75) is 32.2 Å². The first-order valence-electron chi connectivity index (χ1n) is 5.48. The Morgan fingerprint density at radius 3 is 3.06 bits per heavy atom. The van der Waals surface area contributed by atoms with E-state index in [0.29, 0.717) is 5.95 Å². The Kier molecular flexibility index (Phi) is 3.03. The van der Waals surface area contributed by atoms with E-state index in [1.54, 1.807) is 0 Å². The van der Waals surface area contributed by atoms with Crippen LogP contribution in [-0.2, 0) is 0 Å². The summed E-state index contributed by atoms with van der Waals surface area (Å²) in [5.74, 6) is 0.193. The molecule has 0 amide bonds. The maximum atomic E-state index is 10.7. The molecular weight excluding hydrogens is 206 g/mol. The molecule has 86 valence electrons. The number of aromatic carboxylic acids is 1. The fourth-order valence-corrected chi connectivity index (χ4v) is 1.68. The average Bonchev–Trinajstić information content (AvgIpc) is 3.01. The molecular formula is C11H15N3O2. The van der Waals surface area contributed by atoms with Crippen molar-refractivity contribution in [2.75, 3.05) is 5.32 Å². The van der Waals surface area contributed by atoms with Crippen LogP contribution in [0.15, 0.2) is 12.3 Å². The van der Waals surface area contributed by atoms with Gasteiger partial charge in [0.15, 0.2) is 5.69 Å². The predicted molar refractivity (Wildman–Crippen MR) is 59.4 cm³/mol. The van der Waals surface area contributed by atoms with Gasteiger partial charge in [0.05, 0.1) is 0 Å². The molecule has 1 fully saturated rings. The van der Waals surface area contributed by atoms with Crippen molar-refractivity contribution in [1.29, 1.82) is 0 Å². The topological polar surface area (TPSA) is 75.1 Å². The minimum absolute atomic E-state index is 0.0242. The number of hydrogen-bond acceptors (Lipinski definition) is 4. The van der Waals surface area contributed by atoms with Crippen LogP contribution >= 0.6 is 0 Å². The minimum Gasteiger partial charge on any atom is -0.477 e. The third-order valence-electron chi connectivity index (χ3n) is 2.63. The molecule has 2 N–H and O–H groups in total. The van der Waals surface area contributed by atoms with Gasteiger partial charge in [-0.2, -0.15) is 0 Å². The second-order valence-corrected chi connectivity index (χ2v) is 4.30. The molecule has 0 radical (unpaired) electrons. The van der Waals surface area contributed by atoms with Crippen LogP contribution in [0.4, 0.5) is 5.95 Å². The van der Waals surface area contributed by atoms with Gasteiger partial charge >= 0.3 is 5.97 Å². The Labute approximate surface area is 93.9 Å². The summed E-state index contributed by atoms with van der Waals surface area (Å²) < 4.78 is 0. The first-order chi connectivity index (χ1) is 7.65. The summed E-state index contributed by atoms with van der Waals surface area (Å²) in [4.78, 5) is 18.6. The maximum absolute atomic E-state index is 10.7. The molecule has 0 aromatic carbocycles. The quantitative estimate of drug-likeness (QED) is 0.792. The van der Waals surface area contributed by atoms with Crippen LogP contribution in [0.2, 0.25) is 0 Å². The fraction of sp³-hybridized carbons (Fsp3) is 0.545. The Morgan fingerprint density at radius 2 is 2.44 bits per heavy atom. The van der Waals surface area contributed by atoms with Gasteiger partial charge in [-0.3, -0.25) is 0 Å². The van der Waals surface area contributed by atoms with E-state index in [9.17, 15) is 4.79 Å². The lowest BCUT2D eigenvalue weighted by Crippen LogP contribution is -2.18. The highest BCUT2D eigenvalue weighted by Gasteiger charge is 2.23. The molecule has 1 atom stereocenters. The second-order valence-electron chi connectivity index (χ2n) is 4.30. The van der Waals surface area contributed by atoms with E-state index in [-0.39, 0.29) is 11.7 Å². The molecule has 0 bridgehead atoms. The Bertz CT molecular complexity index is 391. The van der Waals surface area contributed by atoms with Crippen LogP contribution in [0.1, 0.15) is 36.7 Å². The first-order valence-corrected chi connectivity index (χ1v) is 5.48. The van der Waals surface area contributed by atoms with E-state index in [1.165, 1.54) is 25.1 Å².